The van der Waals surface area contributed by atoms with Crippen molar-refractivity contribution in [3.05, 3.63) is 29.8 Å². The highest BCUT2D eigenvalue weighted by Crippen LogP contribution is 2.30. The maximum absolute atomic E-state index is 12.4. The molecule has 0 bridgehead atoms. The largest absolute Gasteiger partial charge is 0.493 e. The molecule has 0 radical (unpaired) electrons. The maximum atomic E-state index is 12.4. The Bertz CT molecular complexity index is 394. The van der Waals surface area contributed by atoms with E-state index in [-0.39, 0.29) is 0 Å². The monoisotopic (exact) mass is 273 g/mol. The van der Waals surface area contributed by atoms with Crippen molar-refractivity contribution in [2.75, 3.05) is 13.2 Å². The first-order chi connectivity index (χ1) is 8.95. The fourth-order valence-corrected chi connectivity index (χ4v) is 2.15. The Morgan fingerprint density at radius 3 is 2.42 bits per heavy atom. The van der Waals surface area contributed by atoms with Crippen molar-refractivity contribution in [2.45, 2.75) is 32.0 Å². The zero-order valence-electron chi connectivity index (χ0n) is 10.8. The molecule has 1 aliphatic heterocycles. The molecular weight excluding hydrogens is 255 g/mol. The van der Waals surface area contributed by atoms with E-state index in [1.807, 2.05) is 0 Å². The summed E-state index contributed by atoms with van der Waals surface area (Å²) in [5.41, 5.74) is -0.645. The van der Waals surface area contributed by atoms with Gasteiger partial charge in [-0.25, -0.2) is 0 Å². The van der Waals surface area contributed by atoms with Crippen molar-refractivity contribution < 1.29 is 17.9 Å². The Morgan fingerprint density at radius 2 is 1.89 bits per heavy atom. The number of alkyl halides is 3. The summed E-state index contributed by atoms with van der Waals surface area (Å²) in [6, 6.07) is 5.40. The predicted octanol–water partition coefficient (Wildman–Crippen LogP) is 3.47. The van der Waals surface area contributed by atoms with Crippen LogP contribution in [-0.4, -0.2) is 19.2 Å². The SMILES string of the molecule is C[C@@H]1CC[C@H](COc2ccc(C(F)(F)F)cc2)CN1. The van der Waals surface area contributed by atoms with E-state index >= 15 is 0 Å². The number of benzene rings is 1. The number of hydrogen-bond acceptors (Lipinski definition) is 2. The highest BCUT2D eigenvalue weighted by Gasteiger charge is 2.30. The molecule has 0 spiro atoms. The molecule has 1 aromatic carbocycles. The molecule has 2 atom stereocenters. The van der Waals surface area contributed by atoms with Gasteiger partial charge in [0.05, 0.1) is 12.2 Å². The molecule has 1 fully saturated rings. The topological polar surface area (TPSA) is 21.3 Å². The second-order valence-corrected chi connectivity index (χ2v) is 5.09. The summed E-state index contributed by atoms with van der Waals surface area (Å²) in [7, 11) is 0. The average Bonchev–Trinajstić information content (AvgIpc) is 2.37. The van der Waals surface area contributed by atoms with Crippen LogP contribution in [0.25, 0.3) is 0 Å². The van der Waals surface area contributed by atoms with Gasteiger partial charge in [-0.1, -0.05) is 0 Å². The smallest absolute Gasteiger partial charge is 0.416 e. The third kappa shape index (κ3) is 4.13. The van der Waals surface area contributed by atoms with Crippen LogP contribution in [0.1, 0.15) is 25.3 Å². The van der Waals surface area contributed by atoms with Gasteiger partial charge in [-0.2, -0.15) is 13.2 Å². The molecule has 0 amide bonds. The fourth-order valence-electron chi connectivity index (χ4n) is 2.15. The van der Waals surface area contributed by atoms with Gasteiger partial charge in [-0.05, 0) is 44.0 Å². The van der Waals surface area contributed by atoms with Crippen LogP contribution in [0, 0.1) is 5.92 Å². The fraction of sp³-hybridized carbons (Fsp3) is 0.571. The van der Waals surface area contributed by atoms with Gasteiger partial charge >= 0.3 is 6.18 Å². The first-order valence-corrected chi connectivity index (χ1v) is 6.48. The lowest BCUT2D eigenvalue weighted by Crippen LogP contribution is -2.38. The molecule has 2 rings (SSSR count). The molecule has 1 saturated heterocycles. The molecule has 106 valence electrons. The molecule has 2 nitrogen and oxygen atoms in total. The lowest BCUT2D eigenvalue weighted by atomic mass is 9.96. The predicted molar refractivity (Wildman–Crippen MR) is 67.1 cm³/mol. The minimum atomic E-state index is -4.29. The minimum Gasteiger partial charge on any atom is -0.493 e. The summed E-state index contributed by atoms with van der Waals surface area (Å²) in [5.74, 6) is 0.921. The van der Waals surface area contributed by atoms with E-state index in [2.05, 4.69) is 12.2 Å². The molecular formula is C14H18F3NO. The average molecular weight is 273 g/mol. The third-order valence-electron chi connectivity index (χ3n) is 3.43. The van der Waals surface area contributed by atoms with E-state index in [0.717, 1.165) is 31.5 Å². The van der Waals surface area contributed by atoms with Crippen LogP contribution in [0.3, 0.4) is 0 Å². The summed E-state index contributed by atoms with van der Waals surface area (Å²) in [6.07, 6.45) is -2.09. The number of piperidine rings is 1. The number of halogens is 3. The van der Waals surface area contributed by atoms with Crippen molar-refractivity contribution >= 4 is 0 Å². The van der Waals surface area contributed by atoms with Crippen LogP contribution in [0.2, 0.25) is 0 Å². The standard InChI is InChI=1S/C14H18F3NO/c1-10-2-3-11(8-18-10)9-19-13-6-4-12(5-7-13)14(15,16)17/h4-7,10-11,18H,2-3,8-9H2,1H3/t10-,11+/m1/s1. The number of ether oxygens (including phenoxy) is 1. The van der Waals surface area contributed by atoms with E-state index in [1.54, 1.807) is 0 Å². The molecule has 0 saturated carbocycles. The quantitative estimate of drug-likeness (QED) is 0.910. The third-order valence-corrected chi connectivity index (χ3v) is 3.43. The molecule has 1 N–H and O–H groups in total. The Balaban J connectivity index is 1.83. The molecule has 1 aliphatic rings. The zero-order chi connectivity index (χ0) is 13.9. The van der Waals surface area contributed by atoms with Gasteiger partial charge in [0.25, 0.3) is 0 Å². The van der Waals surface area contributed by atoms with E-state index in [4.69, 9.17) is 4.74 Å². The van der Waals surface area contributed by atoms with Crippen LogP contribution in [-0.2, 0) is 6.18 Å². The van der Waals surface area contributed by atoms with Crippen LogP contribution < -0.4 is 10.1 Å². The van der Waals surface area contributed by atoms with Crippen LogP contribution in [0.4, 0.5) is 13.2 Å². The Morgan fingerprint density at radius 1 is 1.21 bits per heavy atom. The lowest BCUT2D eigenvalue weighted by molar-refractivity contribution is -0.137. The van der Waals surface area contributed by atoms with E-state index in [0.29, 0.717) is 24.3 Å². The first-order valence-electron chi connectivity index (χ1n) is 6.48. The molecule has 0 unspecified atom stereocenters. The summed E-state index contributed by atoms with van der Waals surface area (Å²) in [4.78, 5) is 0. The summed E-state index contributed by atoms with van der Waals surface area (Å²) >= 11 is 0. The summed E-state index contributed by atoms with van der Waals surface area (Å²) in [6.45, 7) is 3.60. The Hall–Kier alpha value is -1.23. The van der Waals surface area contributed by atoms with Crippen molar-refractivity contribution in [3.63, 3.8) is 0 Å². The van der Waals surface area contributed by atoms with Crippen molar-refractivity contribution in [3.8, 4) is 5.75 Å². The van der Waals surface area contributed by atoms with Crippen LogP contribution >= 0.6 is 0 Å². The van der Waals surface area contributed by atoms with Gasteiger partial charge in [0, 0.05) is 18.5 Å². The van der Waals surface area contributed by atoms with Gasteiger partial charge in [0.2, 0.25) is 0 Å². The second kappa shape index (κ2) is 5.82. The second-order valence-electron chi connectivity index (χ2n) is 5.09. The van der Waals surface area contributed by atoms with Gasteiger partial charge < -0.3 is 10.1 Å². The molecule has 19 heavy (non-hydrogen) atoms. The van der Waals surface area contributed by atoms with E-state index < -0.39 is 11.7 Å². The molecule has 0 aliphatic carbocycles. The molecule has 1 aromatic rings. The zero-order valence-corrected chi connectivity index (χ0v) is 10.8. The van der Waals surface area contributed by atoms with Crippen molar-refractivity contribution in [1.82, 2.24) is 5.32 Å². The lowest BCUT2D eigenvalue weighted by Gasteiger charge is -2.27. The van der Waals surface area contributed by atoms with Crippen LogP contribution in [0.5, 0.6) is 5.75 Å². The van der Waals surface area contributed by atoms with Gasteiger partial charge in [0.15, 0.2) is 0 Å². The van der Waals surface area contributed by atoms with Gasteiger partial charge in [-0.3, -0.25) is 0 Å². The molecule has 0 aromatic heterocycles. The molecule has 5 heteroatoms. The summed E-state index contributed by atoms with van der Waals surface area (Å²) in [5, 5.41) is 3.37. The Kier molecular flexibility index (Phi) is 4.34. The van der Waals surface area contributed by atoms with Crippen molar-refractivity contribution in [1.29, 1.82) is 0 Å². The van der Waals surface area contributed by atoms with E-state index in [1.165, 1.54) is 12.1 Å². The summed E-state index contributed by atoms with van der Waals surface area (Å²) < 4.78 is 42.7. The number of hydrogen-bond donors (Lipinski definition) is 1. The number of nitrogens with one attached hydrogen (secondary N) is 1. The Labute approximate surface area is 111 Å². The van der Waals surface area contributed by atoms with Crippen LogP contribution in [0.15, 0.2) is 24.3 Å². The highest BCUT2D eigenvalue weighted by atomic mass is 19.4. The first kappa shape index (κ1) is 14.2. The minimum absolute atomic E-state index is 0.429. The van der Waals surface area contributed by atoms with Gasteiger partial charge in [-0.15, -0.1) is 0 Å². The maximum Gasteiger partial charge on any atom is 0.416 e. The van der Waals surface area contributed by atoms with Crippen molar-refractivity contribution in [2.24, 2.45) is 5.92 Å². The van der Waals surface area contributed by atoms with Gasteiger partial charge in [0.1, 0.15) is 5.75 Å². The number of rotatable bonds is 3. The normalized spacial score (nSPS) is 24.2. The molecule has 1 heterocycles. The highest BCUT2D eigenvalue weighted by molar-refractivity contribution is 5.28. The van der Waals surface area contributed by atoms with E-state index in [9.17, 15) is 13.2 Å².